The second kappa shape index (κ2) is 9.51. The van der Waals surface area contributed by atoms with E-state index in [-0.39, 0.29) is 12.0 Å². The van der Waals surface area contributed by atoms with E-state index in [0.29, 0.717) is 18.1 Å². The molecule has 1 aliphatic heterocycles. The Hall–Kier alpha value is -2.66. The van der Waals surface area contributed by atoms with Crippen LogP contribution >= 0.6 is 0 Å². The molecule has 1 atom stereocenters. The Morgan fingerprint density at radius 2 is 1.96 bits per heavy atom. The minimum atomic E-state index is -0.174. The van der Waals surface area contributed by atoms with Gasteiger partial charge in [0.25, 0.3) is 5.91 Å². The molecule has 2 aromatic carbocycles. The molecular weight excluding hydrogens is 350 g/mol. The first-order valence-electron chi connectivity index (χ1n) is 9.96. The van der Waals surface area contributed by atoms with Gasteiger partial charge in [0.1, 0.15) is 0 Å². The summed E-state index contributed by atoms with van der Waals surface area (Å²) in [6.07, 6.45) is 3.14. The van der Waals surface area contributed by atoms with Gasteiger partial charge in [0.15, 0.2) is 0 Å². The van der Waals surface area contributed by atoms with Crippen LogP contribution in [0.1, 0.15) is 46.8 Å². The molecular formula is C23H29N3O2. The monoisotopic (exact) mass is 379 g/mol. The maximum Gasteiger partial charge on any atom is 0.257 e. The maximum absolute atomic E-state index is 12.7. The van der Waals surface area contributed by atoms with Crippen molar-refractivity contribution in [2.24, 2.45) is 4.99 Å². The van der Waals surface area contributed by atoms with Crippen LogP contribution in [0.4, 0.5) is 5.69 Å². The smallest absolute Gasteiger partial charge is 0.257 e. The van der Waals surface area contributed by atoms with Gasteiger partial charge in [0.05, 0.1) is 12.6 Å². The molecule has 0 bridgehead atoms. The summed E-state index contributed by atoms with van der Waals surface area (Å²) in [7, 11) is 0. The van der Waals surface area contributed by atoms with Gasteiger partial charge in [-0.05, 0) is 68.0 Å². The average Bonchev–Trinajstić information content (AvgIpc) is 3.23. The normalized spacial score (nSPS) is 16.8. The molecule has 5 nitrogen and oxygen atoms in total. The van der Waals surface area contributed by atoms with Crippen molar-refractivity contribution in [2.75, 3.05) is 18.5 Å². The molecule has 0 spiro atoms. The summed E-state index contributed by atoms with van der Waals surface area (Å²) in [4.78, 5) is 17.3. The average molecular weight is 380 g/mol. The SMILES string of the molecule is CCc1ccc(C(=O)NC(=NC[C@@H]2CCCO2)Nc2cccc(C)c2C)cc1. The van der Waals surface area contributed by atoms with E-state index in [9.17, 15) is 4.79 Å². The predicted octanol–water partition coefficient (Wildman–Crippen LogP) is 4.24. The Morgan fingerprint density at radius 3 is 2.64 bits per heavy atom. The van der Waals surface area contributed by atoms with Gasteiger partial charge in [-0.15, -0.1) is 0 Å². The highest BCUT2D eigenvalue weighted by Crippen LogP contribution is 2.18. The number of anilines is 1. The van der Waals surface area contributed by atoms with Crippen molar-refractivity contribution in [3.8, 4) is 0 Å². The van der Waals surface area contributed by atoms with Crippen LogP contribution in [0.2, 0.25) is 0 Å². The molecule has 0 unspecified atom stereocenters. The lowest BCUT2D eigenvalue weighted by molar-refractivity contribution is 0.0975. The fraction of sp³-hybridized carbons (Fsp3) is 0.391. The number of carbonyl (C=O) groups is 1. The van der Waals surface area contributed by atoms with Crippen molar-refractivity contribution in [2.45, 2.75) is 46.1 Å². The summed E-state index contributed by atoms with van der Waals surface area (Å²) in [6, 6.07) is 13.7. The quantitative estimate of drug-likeness (QED) is 0.603. The molecule has 0 aliphatic carbocycles. The number of aliphatic imine (C=N–C) groups is 1. The first-order valence-corrected chi connectivity index (χ1v) is 9.96. The molecule has 28 heavy (non-hydrogen) atoms. The second-order valence-electron chi connectivity index (χ2n) is 7.20. The van der Waals surface area contributed by atoms with Crippen molar-refractivity contribution < 1.29 is 9.53 Å². The summed E-state index contributed by atoms with van der Waals surface area (Å²) in [5.41, 5.74) is 5.08. The number of nitrogens with zero attached hydrogens (tertiary/aromatic N) is 1. The number of nitrogens with one attached hydrogen (secondary N) is 2. The molecule has 148 valence electrons. The van der Waals surface area contributed by atoms with Gasteiger partial charge in [-0.1, -0.05) is 31.2 Å². The van der Waals surface area contributed by atoms with E-state index in [1.54, 1.807) is 0 Å². The molecule has 0 saturated carbocycles. The first kappa shape index (κ1) is 20.1. The van der Waals surface area contributed by atoms with Crippen molar-refractivity contribution >= 4 is 17.6 Å². The number of rotatable bonds is 5. The van der Waals surface area contributed by atoms with E-state index in [1.165, 1.54) is 11.1 Å². The molecule has 1 fully saturated rings. The summed E-state index contributed by atoms with van der Waals surface area (Å²) >= 11 is 0. The lowest BCUT2D eigenvalue weighted by Crippen LogP contribution is -2.37. The lowest BCUT2D eigenvalue weighted by atomic mass is 10.1. The molecule has 0 radical (unpaired) electrons. The van der Waals surface area contributed by atoms with Crippen LogP contribution in [0.15, 0.2) is 47.5 Å². The predicted molar refractivity (Wildman–Crippen MR) is 114 cm³/mol. The summed E-state index contributed by atoms with van der Waals surface area (Å²) < 4.78 is 5.66. The van der Waals surface area contributed by atoms with Crippen LogP contribution in [-0.4, -0.2) is 31.1 Å². The fourth-order valence-electron chi connectivity index (χ4n) is 3.18. The zero-order chi connectivity index (χ0) is 19.9. The number of ether oxygens (including phenoxy) is 1. The highest BCUT2D eigenvalue weighted by Gasteiger charge is 2.16. The minimum absolute atomic E-state index is 0.121. The van der Waals surface area contributed by atoms with Gasteiger partial charge in [-0.25, -0.2) is 4.99 Å². The molecule has 1 aliphatic rings. The van der Waals surface area contributed by atoms with Gasteiger partial charge < -0.3 is 10.1 Å². The number of carbonyl (C=O) groups excluding carboxylic acids is 1. The van der Waals surface area contributed by atoms with Crippen molar-refractivity contribution in [3.05, 3.63) is 64.7 Å². The van der Waals surface area contributed by atoms with Crippen LogP contribution in [-0.2, 0) is 11.2 Å². The fourth-order valence-corrected chi connectivity index (χ4v) is 3.18. The topological polar surface area (TPSA) is 62.7 Å². The summed E-state index contributed by atoms with van der Waals surface area (Å²) in [6.45, 7) is 7.54. The van der Waals surface area contributed by atoms with E-state index in [0.717, 1.165) is 37.1 Å². The van der Waals surface area contributed by atoms with Crippen molar-refractivity contribution in [1.82, 2.24) is 5.32 Å². The minimum Gasteiger partial charge on any atom is -0.376 e. The third kappa shape index (κ3) is 5.20. The van der Waals surface area contributed by atoms with E-state index >= 15 is 0 Å². The molecule has 5 heteroatoms. The standard InChI is InChI=1S/C23H29N3O2/c1-4-18-10-12-19(13-11-18)22(27)26-23(24-15-20-8-6-14-28-20)25-21-9-5-7-16(2)17(21)3/h5,7,9-13,20H,4,6,8,14-15H2,1-3H3,(H2,24,25,26,27)/t20-/m0/s1. The number of amides is 1. The zero-order valence-corrected chi connectivity index (χ0v) is 16.9. The molecule has 1 saturated heterocycles. The van der Waals surface area contributed by atoms with Crippen LogP contribution < -0.4 is 10.6 Å². The molecule has 2 N–H and O–H groups in total. The van der Waals surface area contributed by atoms with Crippen LogP contribution in [0, 0.1) is 13.8 Å². The van der Waals surface area contributed by atoms with E-state index in [1.807, 2.05) is 36.4 Å². The van der Waals surface area contributed by atoms with Gasteiger partial charge >= 0.3 is 0 Å². The third-order valence-corrected chi connectivity index (χ3v) is 5.19. The van der Waals surface area contributed by atoms with Gasteiger partial charge in [0.2, 0.25) is 5.96 Å². The van der Waals surface area contributed by atoms with Gasteiger partial charge in [-0.3, -0.25) is 10.1 Å². The Balaban J connectivity index is 1.77. The van der Waals surface area contributed by atoms with E-state index in [2.05, 4.69) is 42.5 Å². The maximum atomic E-state index is 12.7. The molecule has 1 heterocycles. The Kier molecular flexibility index (Phi) is 6.82. The largest absolute Gasteiger partial charge is 0.376 e. The number of benzene rings is 2. The van der Waals surface area contributed by atoms with Crippen molar-refractivity contribution in [1.29, 1.82) is 0 Å². The highest BCUT2D eigenvalue weighted by molar-refractivity contribution is 6.10. The van der Waals surface area contributed by atoms with Crippen LogP contribution in [0.3, 0.4) is 0 Å². The highest BCUT2D eigenvalue weighted by atomic mass is 16.5. The van der Waals surface area contributed by atoms with Crippen LogP contribution in [0.5, 0.6) is 0 Å². The molecule has 2 aromatic rings. The Morgan fingerprint density at radius 1 is 1.18 bits per heavy atom. The molecule has 1 amide bonds. The second-order valence-corrected chi connectivity index (χ2v) is 7.20. The first-order chi connectivity index (χ1) is 13.6. The van der Waals surface area contributed by atoms with Gasteiger partial charge in [0, 0.05) is 17.9 Å². The lowest BCUT2D eigenvalue weighted by Gasteiger charge is -2.16. The summed E-state index contributed by atoms with van der Waals surface area (Å²) in [5, 5.41) is 6.23. The zero-order valence-electron chi connectivity index (χ0n) is 16.9. The van der Waals surface area contributed by atoms with Gasteiger partial charge in [-0.2, -0.15) is 0 Å². The Labute approximate surface area is 167 Å². The van der Waals surface area contributed by atoms with E-state index < -0.39 is 0 Å². The summed E-state index contributed by atoms with van der Waals surface area (Å²) in [5.74, 6) is 0.278. The van der Waals surface area contributed by atoms with Crippen molar-refractivity contribution in [3.63, 3.8) is 0 Å². The third-order valence-electron chi connectivity index (χ3n) is 5.19. The number of guanidine groups is 1. The van der Waals surface area contributed by atoms with Crippen LogP contribution in [0.25, 0.3) is 0 Å². The number of aryl methyl sites for hydroxylation is 2. The number of hydrogen-bond donors (Lipinski definition) is 2. The Bertz CT molecular complexity index is 837. The van der Waals surface area contributed by atoms with E-state index in [4.69, 9.17) is 4.74 Å². The molecule has 0 aromatic heterocycles. The number of hydrogen-bond acceptors (Lipinski definition) is 3. The molecule has 3 rings (SSSR count).